The van der Waals surface area contributed by atoms with Gasteiger partial charge in [0.25, 0.3) is 0 Å². The summed E-state index contributed by atoms with van der Waals surface area (Å²) in [5.41, 5.74) is -0.425. The number of esters is 1. The number of aliphatic hydroxyl groups is 2. The molecule has 226 valence electrons. The number of carbonyl (C=O) groups excluding carboxylic acids is 3. The van der Waals surface area contributed by atoms with Gasteiger partial charge in [0.1, 0.15) is 5.60 Å². The number of ketones is 2. The zero-order valence-corrected chi connectivity index (χ0v) is 25.1. The maximum Gasteiger partial charge on any atom is 0.338 e. The quantitative estimate of drug-likeness (QED) is 0.498. The fourth-order valence-electron chi connectivity index (χ4n) is 9.18. The van der Waals surface area contributed by atoms with Gasteiger partial charge in [-0.2, -0.15) is 0 Å². The van der Waals surface area contributed by atoms with E-state index in [0.717, 1.165) is 56.7 Å². The lowest BCUT2D eigenvalue weighted by Gasteiger charge is -2.59. The van der Waals surface area contributed by atoms with E-state index in [-0.39, 0.29) is 36.4 Å². The first kappa shape index (κ1) is 29.4. The van der Waals surface area contributed by atoms with Crippen LogP contribution in [0.5, 0.6) is 0 Å². The SMILES string of the molecule is CN1CCN(Cc2cccc(C(=O)OCC(=O)[C@@]3(O)CC[C@H]4[C@@H]5CCC6=CC(=O)C=C[C@]6(C)[C@H]5C(O)C[C@@]43C)c2)CC1. The molecule has 6 rings (SSSR count). The molecule has 2 N–H and O–H groups in total. The van der Waals surface area contributed by atoms with Crippen LogP contribution >= 0.6 is 0 Å². The molecule has 4 fully saturated rings. The van der Waals surface area contributed by atoms with E-state index in [0.29, 0.717) is 12.0 Å². The molecule has 42 heavy (non-hydrogen) atoms. The molecule has 8 heteroatoms. The third kappa shape index (κ3) is 4.80. The van der Waals surface area contributed by atoms with Crippen LogP contribution < -0.4 is 0 Å². The van der Waals surface area contributed by atoms with Gasteiger partial charge >= 0.3 is 5.97 Å². The first-order valence-electron chi connectivity index (χ1n) is 15.5. The number of Topliss-reactive ketones (excluding diaryl/α,β-unsaturated/α-hetero) is 1. The molecule has 4 aliphatic carbocycles. The Morgan fingerprint density at radius 2 is 1.88 bits per heavy atom. The van der Waals surface area contributed by atoms with Crippen LogP contribution in [0.3, 0.4) is 0 Å². The smallest absolute Gasteiger partial charge is 0.338 e. The number of carbonyl (C=O) groups is 3. The highest BCUT2D eigenvalue weighted by atomic mass is 16.5. The monoisotopic (exact) mass is 576 g/mol. The summed E-state index contributed by atoms with van der Waals surface area (Å²) in [7, 11) is 2.12. The lowest BCUT2D eigenvalue weighted by Crippen LogP contribution is -2.61. The van der Waals surface area contributed by atoms with Gasteiger partial charge in [-0.1, -0.05) is 37.6 Å². The third-order valence-corrected chi connectivity index (χ3v) is 11.6. The van der Waals surface area contributed by atoms with Crippen LogP contribution in [-0.2, 0) is 20.9 Å². The van der Waals surface area contributed by atoms with Gasteiger partial charge in [0.05, 0.1) is 11.7 Å². The summed E-state index contributed by atoms with van der Waals surface area (Å²) >= 11 is 0. The van der Waals surface area contributed by atoms with Gasteiger partial charge < -0.3 is 19.8 Å². The van der Waals surface area contributed by atoms with Crippen molar-refractivity contribution in [3.63, 3.8) is 0 Å². The molecule has 0 bridgehead atoms. The van der Waals surface area contributed by atoms with Crippen LogP contribution in [0.25, 0.3) is 0 Å². The third-order valence-electron chi connectivity index (χ3n) is 11.6. The van der Waals surface area contributed by atoms with E-state index in [4.69, 9.17) is 4.74 Å². The first-order valence-corrected chi connectivity index (χ1v) is 15.5. The van der Waals surface area contributed by atoms with E-state index >= 15 is 0 Å². The minimum atomic E-state index is -1.68. The number of hydrogen-bond donors (Lipinski definition) is 2. The summed E-state index contributed by atoms with van der Waals surface area (Å²) in [6.45, 7) is 8.26. The summed E-state index contributed by atoms with van der Waals surface area (Å²) in [6.07, 6.45) is 7.39. The highest BCUT2D eigenvalue weighted by Gasteiger charge is 2.68. The molecule has 3 saturated carbocycles. The van der Waals surface area contributed by atoms with Crippen molar-refractivity contribution < 1.29 is 29.3 Å². The zero-order chi connectivity index (χ0) is 29.9. The van der Waals surface area contributed by atoms with E-state index in [1.54, 1.807) is 18.2 Å². The number of ether oxygens (including phenoxy) is 1. The minimum Gasteiger partial charge on any atom is -0.454 e. The number of piperazine rings is 1. The Bertz CT molecular complexity index is 1330. The Morgan fingerprint density at radius 3 is 2.64 bits per heavy atom. The van der Waals surface area contributed by atoms with Crippen molar-refractivity contribution in [2.45, 2.75) is 64.2 Å². The Balaban J connectivity index is 1.13. The molecule has 0 spiro atoms. The molecular formula is C34H44N2O6. The van der Waals surface area contributed by atoms with E-state index in [1.165, 1.54) is 0 Å². The van der Waals surface area contributed by atoms with Crippen LogP contribution in [0, 0.1) is 28.6 Å². The molecule has 1 saturated heterocycles. The van der Waals surface area contributed by atoms with Gasteiger partial charge in [0, 0.05) is 49.5 Å². The van der Waals surface area contributed by atoms with Crippen molar-refractivity contribution in [3.05, 3.63) is 59.2 Å². The molecule has 8 nitrogen and oxygen atoms in total. The van der Waals surface area contributed by atoms with Crippen molar-refractivity contribution in [1.29, 1.82) is 0 Å². The average molecular weight is 577 g/mol. The fraction of sp³-hybridized carbons (Fsp3) is 0.618. The molecule has 1 aliphatic heterocycles. The van der Waals surface area contributed by atoms with E-state index < -0.39 is 40.9 Å². The summed E-state index contributed by atoms with van der Waals surface area (Å²) < 4.78 is 5.50. The zero-order valence-electron chi connectivity index (χ0n) is 25.1. The van der Waals surface area contributed by atoms with Gasteiger partial charge in [-0.15, -0.1) is 0 Å². The summed E-state index contributed by atoms with van der Waals surface area (Å²) in [6, 6.07) is 7.35. The Labute approximate surface area is 248 Å². The van der Waals surface area contributed by atoms with Crippen LogP contribution in [0.4, 0.5) is 0 Å². The van der Waals surface area contributed by atoms with E-state index in [1.807, 2.05) is 31.2 Å². The molecule has 0 radical (unpaired) electrons. The minimum absolute atomic E-state index is 0.00629. The number of allylic oxidation sites excluding steroid dienone is 4. The van der Waals surface area contributed by atoms with Crippen molar-refractivity contribution >= 4 is 17.5 Å². The molecule has 1 unspecified atom stereocenters. The van der Waals surface area contributed by atoms with Gasteiger partial charge in [-0.25, -0.2) is 4.79 Å². The molecule has 7 atom stereocenters. The average Bonchev–Trinajstić information content (AvgIpc) is 3.23. The molecule has 1 aromatic carbocycles. The number of rotatable bonds is 6. The maximum absolute atomic E-state index is 13.6. The number of hydrogen-bond acceptors (Lipinski definition) is 8. The second-order valence-corrected chi connectivity index (χ2v) is 13.9. The predicted octanol–water partition coefficient (Wildman–Crippen LogP) is 3.17. The predicted molar refractivity (Wildman–Crippen MR) is 157 cm³/mol. The van der Waals surface area contributed by atoms with E-state index in [9.17, 15) is 24.6 Å². The molecule has 1 heterocycles. The second-order valence-electron chi connectivity index (χ2n) is 13.9. The standard InChI is InChI=1S/C34H44N2O6/c1-32-11-9-25(37)18-24(32)7-8-26-27-10-12-34(41,33(27,2)19-28(38)30(26)32)29(39)21-42-31(40)23-6-4-5-22(17-23)20-36-15-13-35(3)14-16-36/h4-6,9,11,17-18,26-28,30,38,41H,7-8,10,12-16,19-21H2,1-3H3/t26-,27-,28?,30+,32-,33-,34-/m0/s1. The highest BCUT2D eigenvalue weighted by Crippen LogP contribution is 2.67. The number of benzene rings is 1. The largest absolute Gasteiger partial charge is 0.454 e. The van der Waals surface area contributed by atoms with Gasteiger partial charge in [0.15, 0.2) is 12.4 Å². The highest BCUT2D eigenvalue weighted by molar-refractivity contribution is 6.01. The normalized spacial score (nSPS) is 38.3. The van der Waals surface area contributed by atoms with Gasteiger partial charge in [0.2, 0.25) is 5.78 Å². The number of aliphatic hydroxyl groups excluding tert-OH is 1. The van der Waals surface area contributed by atoms with Crippen LogP contribution in [0.1, 0.15) is 61.9 Å². The van der Waals surface area contributed by atoms with Gasteiger partial charge in [-0.05, 0) is 80.8 Å². The van der Waals surface area contributed by atoms with Crippen LogP contribution in [0.2, 0.25) is 0 Å². The van der Waals surface area contributed by atoms with E-state index in [2.05, 4.69) is 23.8 Å². The first-order chi connectivity index (χ1) is 19.9. The topological polar surface area (TPSA) is 107 Å². The number of fused-ring (bicyclic) bond motifs is 5. The van der Waals surface area contributed by atoms with Crippen molar-refractivity contribution in [3.8, 4) is 0 Å². The molecule has 1 aromatic rings. The lowest BCUT2D eigenvalue weighted by molar-refractivity contribution is -0.178. The van der Waals surface area contributed by atoms with Crippen LogP contribution in [0.15, 0.2) is 48.1 Å². The molecule has 5 aliphatic rings. The lowest BCUT2D eigenvalue weighted by atomic mass is 9.46. The Morgan fingerprint density at radius 1 is 1.12 bits per heavy atom. The van der Waals surface area contributed by atoms with Crippen molar-refractivity contribution in [2.75, 3.05) is 39.8 Å². The molecule has 0 aromatic heterocycles. The molecular weight excluding hydrogens is 532 g/mol. The van der Waals surface area contributed by atoms with Crippen LogP contribution in [-0.4, -0.2) is 89.1 Å². The second kappa shape index (κ2) is 10.8. The Kier molecular flexibility index (Phi) is 7.57. The number of nitrogens with zero attached hydrogens (tertiary/aromatic N) is 2. The summed E-state index contributed by atoms with van der Waals surface area (Å²) in [4.78, 5) is 43.4. The van der Waals surface area contributed by atoms with Gasteiger partial charge in [-0.3, -0.25) is 14.5 Å². The summed E-state index contributed by atoms with van der Waals surface area (Å²) in [5, 5.41) is 23.5. The molecule has 0 amide bonds. The van der Waals surface area contributed by atoms with Crippen molar-refractivity contribution in [1.82, 2.24) is 9.80 Å². The Hall–Kier alpha value is -2.65. The fourth-order valence-corrected chi connectivity index (χ4v) is 9.18. The number of likely N-dealkylation sites (N-methyl/N-ethyl adjacent to an activating group) is 1. The maximum atomic E-state index is 13.6. The van der Waals surface area contributed by atoms with Crippen molar-refractivity contribution in [2.24, 2.45) is 28.6 Å². The summed E-state index contributed by atoms with van der Waals surface area (Å²) in [5.74, 6) is -0.987.